The second-order valence-corrected chi connectivity index (χ2v) is 12.2. The van der Waals surface area contributed by atoms with Gasteiger partial charge in [0.25, 0.3) is 5.91 Å². The van der Waals surface area contributed by atoms with Crippen molar-refractivity contribution in [3.8, 4) is 0 Å². The fraction of sp³-hybridized carbons (Fsp3) is 0.412. The van der Waals surface area contributed by atoms with Crippen molar-refractivity contribution < 1.29 is 33.8 Å². The SMILES string of the molecule is Cc1cccc(Cl)c1N1C/C=C\CCC(=O)NC[C@H](c2ccccc2)OC(=O)[C@@H]2[C@H]3C(=O)N(CCCO)[C@H](C1=O)[C@]31C=C[C@H]2O1. The van der Waals surface area contributed by atoms with Gasteiger partial charge in [-0.05, 0) is 37.0 Å². The number of anilines is 1. The number of hydrogen-bond donors (Lipinski definition) is 2. The number of carbonyl (C=O) groups excluding carboxylic acids is 4. The van der Waals surface area contributed by atoms with Gasteiger partial charge in [-0.1, -0.05) is 78.4 Å². The summed E-state index contributed by atoms with van der Waals surface area (Å²) in [6.07, 6.45) is 6.38. The molecular formula is C34H36ClN3O7. The van der Waals surface area contributed by atoms with Gasteiger partial charge in [-0.2, -0.15) is 0 Å². The first-order valence-electron chi connectivity index (χ1n) is 15.3. The van der Waals surface area contributed by atoms with E-state index in [1.54, 1.807) is 30.4 Å². The van der Waals surface area contributed by atoms with E-state index >= 15 is 0 Å². The molecule has 0 radical (unpaired) electrons. The maximum atomic E-state index is 14.8. The number of cyclic esters (lactones) is 1. The van der Waals surface area contributed by atoms with Crippen LogP contribution in [0.5, 0.6) is 0 Å². The molecule has 10 nitrogen and oxygen atoms in total. The van der Waals surface area contributed by atoms with Gasteiger partial charge in [0.05, 0.1) is 29.3 Å². The van der Waals surface area contributed by atoms with Crippen LogP contribution in [0.25, 0.3) is 0 Å². The first-order valence-corrected chi connectivity index (χ1v) is 15.7. The van der Waals surface area contributed by atoms with Crippen LogP contribution in [0.3, 0.4) is 0 Å². The topological polar surface area (TPSA) is 125 Å². The van der Waals surface area contributed by atoms with Crippen LogP contribution in [0, 0.1) is 18.8 Å². The minimum absolute atomic E-state index is 0.0550. The molecule has 0 aliphatic carbocycles. The lowest BCUT2D eigenvalue weighted by Crippen LogP contribution is -2.56. The van der Waals surface area contributed by atoms with Crippen molar-refractivity contribution in [2.45, 2.75) is 50.0 Å². The standard InChI is InChI=1S/C34H36ClN3O7/c1-21-10-8-13-23(35)29(21)37-17-7-3-6-14-26(40)36-20-25(22-11-4-2-5-12-22)44-33(43)27-24-15-16-34(45-24)28(27)31(41)38(18-9-19-39)30(34)32(37)42/h2-5,7-8,10-13,15-16,24-25,27-28,30,39H,6,9,14,17-20H2,1H3,(H,36,40)/b7-3-/t24-,25-,27+,28+,30-,34+/m1/s1. The Bertz CT molecular complexity index is 1530. The van der Waals surface area contributed by atoms with Crippen molar-refractivity contribution in [1.29, 1.82) is 0 Å². The van der Waals surface area contributed by atoms with Crippen molar-refractivity contribution in [3.63, 3.8) is 0 Å². The molecule has 6 atom stereocenters. The summed E-state index contributed by atoms with van der Waals surface area (Å²) in [5.41, 5.74) is 0.534. The minimum Gasteiger partial charge on any atom is -0.455 e. The Morgan fingerprint density at radius 3 is 2.60 bits per heavy atom. The fourth-order valence-electron chi connectivity index (χ4n) is 7.02. The molecular weight excluding hydrogens is 598 g/mol. The van der Waals surface area contributed by atoms with Crippen LogP contribution in [-0.4, -0.2) is 77.7 Å². The van der Waals surface area contributed by atoms with Crippen molar-refractivity contribution in [2.24, 2.45) is 11.8 Å². The zero-order valence-corrected chi connectivity index (χ0v) is 25.7. The largest absolute Gasteiger partial charge is 0.455 e. The third kappa shape index (κ3) is 5.55. The lowest BCUT2D eigenvalue weighted by atomic mass is 9.74. The van der Waals surface area contributed by atoms with E-state index in [4.69, 9.17) is 21.1 Å². The summed E-state index contributed by atoms with van der Waals surface area (Å²) in [5.74, 6) is -3.72. The Morgan fingerprint density at radius 2 is 1.84 bits per heavy atom. The average molecular weight is 634 g/mol. The Labute approximate surface area is 266 Å². The van der Waals surface area contributed by atoms with E-state index in [-0.39, 0.29) is 45.0 Å². The predicted octanol–water partition coefficient (Wildman–Crippen LogP) is 3.27. The summed E-state index contributed by atoms with van der Waals surface area (Å²) in [4.78, 5) is 58.8. The molecule has 2 saturated heterocycles. The van der Waals surface area contributed by atoms with Crippen LogP contribution < -0.4 is 10.2 Å². The Morgan fingerprint density at radius 1 is 1.04 bits per heavy atom. The number of halogens is 1. The highest BCUT2D eigenvalue weighted by molar-refractivity contribution is 6.34. The number of para-hydroxylation sites is 1. The van der Waals surface area contributed by atoms with Gasteiger partial charge in [0.1, 0.15) is 23.7 Å². The Hall–Kier alpha value is -3.99. The second kappa shape index (κ2) is 12.8. The molecule has 2 fully saturated rings. The second-order valence-electron chi connectivity index (χ2n) is 11.8. The summed E-state index contributed by atoms with van der Waals surface area (Å²) in [6.45, 7) is 1.94. The van der Waals surface area contributed by atoms with Gasteiger partial charge in [0.2, 0.25) is 11.8 Å². The number of benzene rings is 2. The Kier molecular flexibility index (Phi) is 8.81. The summed E-state index contributed by atoms with van der Waals surface area (Å²) >= 11 is 6.68. The number of esters is 1. The number of aliphatic hydroxyl groups is 1. The van der Waals surface area contributed by atoms with E-state index in [9.17, 15) is 24.3 Å². The van der Waals surface area contributed by atoms with E-state index in [0.717, 1.165) is 5.56 Å². The predicted molar refractivity (Wildman–Crippen MR) is 166 cm³/mol. The van der Waals surface area contributed by atoms with E-state index in [1.165, 1.54) is 9.80 Å². The van der Waals surface area contributed by atoms with E-state index in [2.05, 4.69) is 5.32 Å². The first-order chi connectivity index (χ1) is 21.8. The van der Waals surface area contributed by atoms with Crippen LogP contribution in [0.2, 0.25) is 5.02 Å². The molecule has 4 aliphatic rings. The Balaban J connectivity index is 1.44. The molecule has 11 heteroatoms. The van der Waals surface area contributed by atoms with Gasteiger partial charge in [0, 0.05) is 26.1 Å². The lowest BCUT2D eigenvalue weighted by Gasteiger charge is -2.36. The third-order valence-electron chi connectivity index (χ3n) is 9.07. The normalized spacial score (nSPS) is 30.8. The number of aliphatic hydroxyl groups excluding tert-OH is 1. The van der Waals surface area contributed by atoms with Crippen LogP contribution in [-0.2, 0) is 28.7 Å². The number of carbonyl (C=O) groups is 4. The molecule has 3 amide bonds. The number of amides is 3. The van der Waals surface area contributed by atoms with Crippen molar-refractivity contribution in [3.05, 3.63) is 89.0 Å². The zero-order valence-electron chi connectivity index (χ0n) is 24.9. The number of ether oxygens (including phenoxy) is 2. The summed E-state index contributed by atoms with van der Waals surface area (Å²) in [7, 11) is 0. The summed E-state index contributed by atoms with van der Waals surface area (Å²) < 4.78 is 12.5. The van der Waals surface area contributed by atoms with Crippen LogP contribution in [0.1, 0.15) is 36.5 Å². The molecule has 2 aromatic rings. The molecule has 1 spiro atoms. The average Bonchev–Trinajstić information content (AvgIpc) is 3.67. The fourth-order valence-corrected chi connectivity index (χ4v) is 7.35. The van der Waals surface area contributed by atoms with Crippen LogP contribution in [0.15, 0.2) is 72.8 Å². The molecule has 45 heavy (non-hydrogen) atoms. The van der Waals surface area contributed by atoms with Gasteiger partial charge >= 0.3 is 5.97 Å². The van der Waals surface area contributed by atoms with Gasteiger partial charge in [-0.15, -0.1) is 0 Å². The maximum absolute atomic E-state index is 14.8. The highest BCUT2D eigenvalue weighted by Crippen LogP contribution is 2.56. The first kappa shape index (κ1) is 31.0. The van der Waals surface area contributed by atoms with Crippen molar-refractivity contribution in [2.75, 3.05) is 31.1 Å². The van der Waals surface area contributed by atoms with Crippen molar-refractivity contribution >= 4 is 41.0 Å². The van der Waals surface area contributed by atoms with E-state index < -0.39 is 53.5 Å². The summed E-state index contributed by atoms with van der Waals surface area (Å²) in [5, 5.41) is 12.9. The van der Waals surface area contributed by atoms with Gasteiger partial charge in [0.15, 0.2) is 0 Å². The minimum atomic E-state index is -1.42. The summed E-state index contributed by atoms with van der Waals surface area (Å²) in [6, 6.07) is 13.3. The number of allylic oxidation sites excluding steroid dienone is 1. The third-order valence-corrected chi connectivity index (χ3v) is 9.37. The van der Waals surface area contributed by atoms with E-state index in [0.29, 0.717) is 22.7 Å². The highest BCUT2D eigenvalue weighted by atomic mass is 35.5. The molecule has 2 N–H and O–H groups in total. The van der Waals surface area contributed by atoms with E-state index in [1.807, 2.05) is 49.4 Å². The molecule has 4 heterocycles. The van der Waals surface area contributed by atoms with Crippen LogP contribution >= 0.6 is 11.6 Å². The van der Waals surface area contributed by atoms with Crippen molar-refractivity contribution in [1.82, 2.24) is 10.2 Å². The number of aryl methyl sites for hydroxylation is 1. The van der Waals surface area contributed by atoms with Gasteiger partial charge in [-0.3, -0.25) is 19.2 Å². The number of rotatable bonds is 5. The zero-order chi connectivity index (χ0) is 31.7. The molecule has 5 bridgehead atoms. The lowest BCUT2D eigenvalue weighted by molar-refractivity contribution is -0.159. The monoisotopic (exact) mass is 633 g/mol. The quantitative estimate of drug-likeness (QED) is 0.382. The number of fused-ring (bicyclic) bond motifs is 2. The molecule has 0 saturated carbocycles. The van der Waals surface area contributed by atoms with Gasteiger partial charge < -0.3 is 29.7 Å². The van der Waals surface area contributed by atoms with Crippen LogP contribution in [0.4, 0.5) is 5.69 Å². The number of likely N-dealkylation sites (tertiary alicyclic amines) is 1. The number of nitrogens with one attached hydrogen (secondary N) is 1. The molecule has 236 valence electrons. The molecule has 4 aliphatic heterocycles. The molecule has 0 unspecified atom stereocenters. The molecule has 6 rings (SSSR count). The molecule has 0 aromatic heterocycles. The smallest absolute Gasteiger partial charge is 0.313 e. The highest BCUT2D eigenvalue weighted by Gasteiger charge is 2.73. The number of hydrogen-bond acceptors (Lipinski definition) is 7. The van der Waals surface area contributed by atoms with Gasteiger partial charge in [-0.25, -0.2) is 0 Å². The molecule has 2 aromatic carbocycles. The number of nitrogens with zero attached hydrogens (tertiary/aromatic N) is 2. The maximum Gasteiger partial charge on any atom is 0.313 e.